The molecule has 4 nitrogen and oxygen atoms in total. The maximum atomic E-state index is 4.63. The molecule has 1 aromatic rings. The van der Waals surface area contributed by atoms with Gasteiger partial charge in [0, 0.05) is 11.9 Å². The van der Waals surface area contributed by atoms with Crippen molar-refractivity contribution >= 4 is 0 Å². The summed E-state index contributed by atoms with van der Waals surface area (Å²) in [5.74, 6) is 0.980. The highest BCUT2D eigenvalue weighted by molar-refractivity contribution is 5.02. The third kappa shape index (κ3) is 4.06. The van der Waals surface area contributed by atoms with E-state index in [9.17, 15) is 0 Å². The topological polar surface area (TPSA) is 41.1 Å². The van der Waals surface area contributed by atoms with Gasteiger partial charge >= 0.3 is 0 Å². The molecular weight excluding hydrogens is 212 g/mol. The van der Waals surface area contributed by atoms with Crippen LogP contribution in [0.15, 0.2) is 12.3 Å². The maximum Gasteiger partial charge on any atom is 0.142 e. The highest BCUT2D eigenvalue weighted by Crippen LogP contribution is 2.10. The number of likely N-dealkylation sites (tertiary alicyclic amines) is 1. The van der Waals surface area contributed by atoms with Crippen molar-refractivity contribution in [2.75, 3.05) is 26.7 Å². The van der Waals surface area contributed by atoms with Gasteiger partial charge in [0.2, 0.25) is 0 Å². The van der Waals surface area contributed by atoms with E-state index in [1.54, 1.807) is 0 Å². The molecule has 4 heteroatoms. The zero-order valence-electron chi connectivity index (χ0n) is 10.7. The second-order valence-corrected chi connectivity index (χ2v) is 4.65. The third-order valence-corrected chi connectivity index (χ3v) is 3.19. The summed E-state index contributed by atoms with van der Waals surface area (Å²) in [5.41, 5.74) is 1.17. The smallest absolute Gasteiger partial charge is 0.142 e. The standard InChI is InChI=1S/C13H22N4/c1-14-7-4-5-12-6-8-15-13(16-12)11-17-9-2-3-10-17/h6,8,14H,2-5,7,9-11H2,1H3. The first-order valence-electron chi connectivity index (χ1n) is 6.56. The molecule has 0 aliphatic carbocycles. The van der Waals surface area contributed by atoms with Gasteiger partial charge < -0.3 is 5.32 Å². The van der Waals surface area contributed by atoms with Gasteiger partial charge in [-0.2, -0.15) is 0 Å². The first-order chi connectivity index (χ1) is 8.38. The molecule has 2 heterocycles. The highest BCUT2D eigenvalue weighted by atomic mass is 15.2. The van der Waals surface area contributed by atoms with E-state index in [1.807, 2.05) is 19.3 Å². The van der Waals surface area contributed by atoms with Gasteiger partial charge in [-0.15, -0.1) is 0 Å². The lowest BCUT2D eigenvalue weighted by Crippen LogP contribution is -2.20. The summed E-state index contributed by atoms with van der Waals surface area (Å²) in [7, 11) is 1.98. The van der Waals surface area contributed by atoms with Gasteiger partial charge in [-0.3, -0.25) is 4.90 Å². The molecule has 0 spiro atoms. The summed E-state index contributed by atoms with van der Waals surface area (Å²) in [4.78, 5) is 11.4. The van der Waals surface area contributed by atoms with Gasteiger partial charge in [0.1, 0.15) is 5.82 Å². The fourth-order valence-corrected chi connectivity index (χ4v) is 2.24. The number of rotatable bonds is 6. The second kappa shape index (κ2) is 6.67. The molecule has 17 heavy (non-hydrogen) atoms. The fraction of sp³-hybridized carbons (Fsp3) is 0.692. The van der Waals surface area contributed by atoms with Crippen LogP contribution in [0, 0.1) is 0 Å². The Morgan fingerprint density at radius 3 is 2.94 bits per heavy atom. The number of nitrogens with one attached hydrogen (secondary N) is 1. The molecule has 1 saturated heterocycles. The lowest BCUT2D eigenvalue weighted by atomic mass is 10.2. The zero-order chi connectivity index (χ0) is 11.9. The van der Waals surface area contributed by atoms with Gasteiger partial charge in [0.25, 0.3) is 0 Å². The summed E-state index contributed by atoms with van der Waals surface area (Å²) >= 11 is 0. The Bertz CT molecular complexity index is 334. The average Bonchev–Trinajstić information content (AvgIpc) is 2.83. The number of aryl methyl sites for hydroxylation is 1. The minimum absolute atomic E-state index is 0.917. The quantitative estimate of drug-likeness (QED) is 0.752. The van der Waals surface area contributed by atoms with Crippen molar-refractivity contribution in [3.05, 3.63) is 23.8 Å². The Morgan fingerprint density at radius 1 is 1.35 bits per heavy atom. The largest absolute Gasteiger partial charge is 0.320 e. The van der Waals surface area contributed by atoms with Crippen LogP contribution in [0.3, 0.4) is 0 Å². The van der Waals surface area contributed by atoms with Crippen LogP contribution in [0.5, 0.6) is 0 Å². The van der Waals surface area contributed by atoms with Crippen molar-refractivity contribution in [3.63, 3.8) is 0 Å². The normalized spacial score (nSPS) is 16.5. The number of nitrogens with zero attached hydrogens (tertiary/aromatic N) is 3. The Morgan fingerprint density at radius 2 is 2.18 bits per heavy atom. The maximum absolute atomic E-state index is 4.63. The van der Waals surface area contributed by atoms with Crippen LogP contribution in [0.2, 0.25) is 0 Å². The summed E-state index contributed by atoms with van der Waals surface area (Å²) < 4.78 is 0. The Balaban J connectivity index is 1.86. The van der Waals surface area contributed by atoms with Gasteiger partial charge in [0.05, 0.1) is 6.54 Å². The number of hydrogen-bond acceptors (Lipinski definition) is 4. The van der Waals surface area contributed by atoms with E-state index >= 15 is 0 Å². The van der Waals surface area contributed by atoms with E-state index in [0.717, 1.165) is 31.8 Å². The van der Waals surface area contributed by atoms with Crippen molar-refractivity contribution < 1.29 is 0 Å². The molecule has 1 N–H and O–H groups in total. The van der Waals surface area contributed by atoms with Crippen LogP contribution >= 0.6 is 0 Å². The Labute approximate surface area is 103 Å². The molecule has 0 atom stereocenters. The molecule has 1 fully saturated rings. The Hall–Kier alpha value is -1.00. The summed E-state index contributed by atoms with van der Waals surface area (Å²) in [6.07, 6.45) is 6.71. The van der Waals surface area contributed by atoms with Crippen LogP contribution in [0.1, 0.15) is 30.8 Å². The summed E-state index contributed by atoms with van der Waals surface area (Å²) in [5, 5.41) is 3.16. The molecular formula is C13H22N4. The molecule has 0 aromatic carbocycles. The lowest BCUT2D eigenvalue weighted by molar-refractivity contribution is 0.322. The van der Waals surface area contributed by atoms with Crippen LogP contribution in [-0.2, 0) is 13.0 Å². The molecule has 1 aliphatic heterocycles. The van der Waals surface area contributed by atoms with Crippen LogP contribution in [0.4, 0.5) is 0 Å². The van der Waals surface area contributed by atoms with Crippen molar-refractivity contribution in [2.24, 2.45) is 0 Å². The predicted molar refractivity (Wildman–Crippen MR) is 68.8 cm³/mol. The third-order valence-electron chi connectivity index (χ3n) is 3.19. The molecule has 1 aromatic heterocycles. The second-order valence-electron chi connectivity index (χ2n) is 4.65. The van der Waals surface area contributed by atoms with Crippen molar-refractivity contribution in [3.8, 4) is 0 Å². The van der Waals surface area contributed by atoms with Crippen LogP contribution < -0.4 is 5.32 Å². The zero-order valence-corrected chi connectivity index (χ0v) is 10.7. The lowest BCUT2D eigenvalue weighted by Gasteiger charge is -2.13. The van der Waals surface area contributed by atoms with Gasteiger partial charge in [-0.05, 0) is 58.4 Å². The minimum Gasteiger partial charge on any atom is -0.320 e. The molecule has 0 saturated carbocycles. The molecule has 0 amide bonds. The van der Waals surface area contributed by atoms with Crippen molar-refractivity contribution in [2.45, 2.75) is 32.2 Å². The van der Waals surface area contributed by atoms with Gasteiger partial charge in [0.15, 0.2) is 0 Å². The number of hydrogen-bond donors (Lipinski definition) is 1. The fourth-order valence-electron chi connectivity index (χ4n) is 2.24. The molecule has 94 valence electrons. The first-order valence-corrected chi connectivity index (χ1v) is 6.56. The van der Waals surface area contributed by atoms with Crippen molar-refractivity contribution in [1.29, 1.82) is 0 Å². The van der Waals surface area contributed by atoms with E-state index in [2.05, 4.69) is 20.2 Å². The van der Waals surface area contributed by atoms with E-state index in [4.69, 9.17) is 0 Å². The molecule has 2 rings (SSSR count). The molecule has 0 radical (unpaired) electrons. The predicted octanol–water partition coefficient (Wildman–Crippen LogP) is 1.22. The van der Waals surface area contributed by atoms with E-state index in [-0.39, 0.29) is 0 Å². The molecule has 0 unspecified atom stereocenters. The highest BCUT2D eigenvalue weighted by Gasteiger charge is 2.13. The SMILES string of the molecule is CNCCCc1ccnc(CN2CCCC2)n1. The van der Waals surface area contributed by atoms with Crippen LogP contribution in [-0.4, -0.2) is 41.5 Å². The van der Waals surface area contributed by atoms with Crippen molar-refractivity contribution in [1.82, 2.24) is 20.2 Å². The number of aromatic nitrogens is 2. The van der Waals surface area contributed by atoms with Gasteiger partial charge in [-0.25, -0.2) is 9.97 Å². The average molecular weight is 234 g/mol. The first kappa shape index (κ1) is 12.5. The van der Waals surface area contributed by atoms with E-state index in [0.29, 0.717) is 0 Å². The minimum atomic E-state index is 0.917. The monoisotopic (exact) mass is 234 g/mol. The summed E-state index contributed by atoms with van der Waals surface area (Å²) in [6.45, 7) is 4.37. The van der Waals surface area contributed by atoms with Gasteiger partial charge in [-0.1, -0.05) is 0 Å². The van der Waals surface area contributed by atoms with E-state index < -0.39 is 0 Å². The summed E-state index contributed by atoms with van der Waals surface area (Å²) in [6, 6.07) is 2.03. The van der Waals surface area contributed by atoms with E-state index in [1.165, 1.54) is 31.6 Å². The van der Waals surface area contributed by atoms with Crippen LogP contribution in [0.25, 0.3) is 0 Å². The molecule has 0 bridgehead atoms. The Kier molecular flexibility index (Phi) is 4.88. The molecule has 1 aliphatic rings.